The van der Waals surface area contributed by atoms with Crippen LogP contribution in [0.25, 0.3) is 0 Å². The van der Waals surface area contributed by atoms with Crippen LogP contribution in [0.2, 0.25) is 0 Å². The summed E-state index contributed by atoms with van der Waals surface area (Å²) >= 11 is 3.51. The number of rotatable bonds is 6. The van der Waals surface area contributed by atoms with Crippen LogP contribution in [0.4, 0.5) is 5.69 Å². The van der Waals surface area contributed by atoms with Crippen LogP contribution >= 0.6 is 15.9 Å². The lowest BCUT2D eigenvalue weighted by Gasteiger charge is -2.12. The second-order valence-corrected chi connectivity index (χ2v) is 5.07. The first-order chi connectivity index (χ1) is 9.31. The number of benzene rings is 2. The highest BCUT2D eigenvalue weighted by Crippen LogP contribution is 2.21. The number of hydrogen-bond donors (Lipinski definition) is 1. The molecule has 1 N–H and O–H groups in total. The average Bonchev–Trinajstić information content (AvgIpc) is 2.45. The molecule has 0 saturated carbocycles. The normalized spacial score (nSPS) is 10.2. The Bertz CT molecular complexity index is 528. The smallest absolute Gasteiger partial charge is 0.122 e. The van der Waals surface area contributed by atoms with Crippen molar-refractivity contribution in [1.82, 2.24) is 0 Å². The molecule has 19 heavy (non-hydrogen) atoms. The van der Waals surface area contributed by atoms with Gasteiger partial charge in [0, 0.05) is 16.7 Å². The van der Waals surface area contributed by atoms with E-state index in [1.54, 1.807) is 0 Å². The van der Waals surface area contributed by atoms with Gasteiger partial charge < -0.3 is 10.1 Å². The minimum Gasteiger partial charge on any atom is -0.491 e. The van der Waals surface area contributed by atoms with Gasteiger partial charge in [0.05, 0.1) is 0 Å². The number of anilines is 1. The van der Waals surface area contributed by atoms with Crippen LogP contribution in [-0.4, -0.2) is 13.2 Å². The fourth-order valence-corrected chi connectivity index (χ4v) is 2.31. The second kappa shape index (κ2) is 7.19. The van der Waals surface area contributed by atoms with Gasteiger partial charge in [0.15, 0.2) is 0 Å². The zero-order chi connectivity index (χ0) is 13.5. The Kier molecular flexibility index (Phi) is 5.28. The lowest BCUT2D eigenvalue weighted by Crippen LogP contribution is -2.12. The summed E-state index contributed by atoms with van der Waals surface area (Å²) in [5, 5.41) is 3.35. The van der Waals surface area contributed by atoms with Crippen molar-refractivity contribution in [2.75, 3.05) is 18.5 Å². The molecule has 0 atom stereocenters. The molecule has 2 nitrogen and oxygen atoms in total. The Morgan fingerprint density at radius 3 is 2.58 bits per heavy atom. The standard InChI is InChI=1S/C16H18BrNO/c1-2-13-7-3-6-10-16(13)19-12-11-18-15-9-5-4-8-14(15)17/h3-10,18H,2,11-12H2,1H3. The number of hydrogen-bond acceptors (Lipinski definition) is 2. The van der Waals surface area contributed by atoms with E-state index in [9.17, 15) is 0 Å². The van der Waals surface area contributed by atoms with E-state index < -0.39 is 0 Å². The Hall–Kier alpha value is -1.48. The summed E-state index contributed by atoms with van der Waals surface area (Å²) in [4.78, 5) is 0. The molecule has 0 fully saturated rings. The van der Waals surface area contributed by atoms with Crippen molar-refractivity contribution in [3.8, 4) is 5.75 Å². The highest BCUT2D eigenvalue weighted by atomic mass is 79.9. The van der Waals surface area contributed by atoms with Crippen LogP contribution in [0.15, 0.2) is 53.0 Å². The maximum atomic E-state index is 5.81. The largest absolute Gasteiger partial charge is 0.491 e. The van der Waals surface area contributed by atoms with Crippen molar-refractivity contribution in [1.29, 1.82) is 0 Å². The molecule has 2 rings (SSSR count). The fraction of sp³-hybridized carbons (Fsp3) is 0.250. The summed E-state index contributed by atoms with van der Waals surface area (Å²) in [5.41, 5.74) is 2.35. The van der Waals surface area contributed by atoms with Crippen LogP contribution in [0, 0.1) is 0 Å². The number of aryl methyl sites for hydroxylation is 1. The van der Waals surface area contributed by atoms with Crippen LogP contribution in [-0.2, 0) is 6.42 Å². The van der Waals surface area contributed by atoms with E-state index in [2.05, 4.69) is 34.2 Å². The minimum atomic E-state index is 0.651. The van der Waals surface area contributed by atoms with Crippen molar-refractivity contribution < 1.29 is 4.74 Å². The number of ether oxygens (including phenoxy) is 1. The van der Waals surface area contributed by atoms with Crippen molar-refractivity contribution in [2.45, 2.75) is 13.3 Å². The zero-order valence-corrected chi connectivity index (χ0v) is 12.6. The van der Waals surface area contributed by atoms with Crippen molar-refractivity contribution >= 4 is 21.6 Å². The third kappa shape index (κ3) is 4.00. The van der Waals surface area contributed by atoms with Gasteiger partial charge in [0.2, 0.25) is 0 Å². The van der Waals surface area contributed by atoms with E-state index in [4.69, 9.17) is 4.74 Å². The predicted octanol–water partition coefficient (Wildman–Crippen LogP) is 4.50. The Balaban J connectivity index is 1.83. The monoisotopic (exact) mass is 319 g/mol. The number of nitrogens with one attached hydrogen (secondary N) is 1. The van der Waals surface area contributed by atoms with Crippen molar-refractivity contribution in [2.24, 2.45) is 0 Å². The molecule has 0 heterocycles. The van der Waals surface area contributed by atoms with E-state index in [1.165, 1.54) is 5.56 Å². The molecular formula is C16H18BrNO. The molecule has 0 radical (unpaired) electrons. The lowest BCUT2D eigenvalue weighted by molar-refractivity contribution is 0.329. The number of halogens is 1. The Morgan fingerprint density at radius 2 is 1.79 bits per heavy atom. The van der Waals surface area contributed by atoms with Crippen molar-refractivity contribution in [3.63, 3.8) is 0 Å². The van der Waals surface area contributed by atoms with E-state index in [0.29, 0.717) is 6.61 Å². The van der Waals surface area contributed by atoms with Gasteiger partial charge in [-0.3, -0.25) is 0 Å². The van der Waals surface area contributed by atoms with Gasteiger partial charge in [-0.15, -0.1) is 0 Å². The van der Waals surface area contributed by atoms with Gasteiger partial charge >= 0.3 is 0 Å². The third-order valence-electron chi connectivity index (χ3n) is 2.90. The van der Waals surface area contributed by atoms with Gasteiger partial charge in [-0.05, 0) is 46.1 Å². The molecule has 3 heteroatoms. The third-order valence-corrected chi connectivity index (χ3v) is 3.59. The maximum Gasteiger partial charge on any atom is 0.122 e. The minimum absolute atomic E-state index is 0.651. The Morgan fingerprint density at radius 1 is 1.05 bits per heavy atom. The van der Waals surface area contributed by atoms with Gasteiger partial charge in [0.25, 0.3) is 0 Å². The molecule has 0 aliphatic heterocycles. The van der Waals surface area contributed by atoms with E-state index in [-0.39, 0.29) is 0 Å². The second-order valence-electron chi connectivity index (χ2n) is 4.22. The molecular weight excluding hydrogens is 302 g/mol. The molecule has 0 spiro atoms. The van der Waals surface area contributed by atoms with Crippen LogP contribution in [0.1, 0.15) is 12.5 Å². The summed E-state index contributed by atoms with van der Waals surface area (Å²) in [7, 11) is 0. The SMILES string of the molecule is CCc1ccccc1OCCNc1ccccc1Br. The first kappa shape index (κ1) is 13.9. The molecule has 0 aliphatic rings. The van der Waals surface area contributed by atoms with Crippen LogP contribution in [0.3, 0.4) is 0 Å². The van der Waals surface area contributed by atoms with Gasteiger partial charge in [0.1, 0.15) is 12.4 Å². The fourth-order valence-electron chi connectivity index (χ4n) is 1.89. The summed E-state index contributed by atoms with van der Waals surface area (Å²) in [6.07, 6.45) is 0.994. The van der Waals surface area contributed by atoms with Gasteiger partial charge in [-0.1, -0.05) is 37.3 Å². The Labute approximate surface area is 122 Å². The molecule has 0 aliphatic carbocycles. The summed E-state index contributed by atoms with van der Waals surface area (Å²) < 4.78 is 6.88. The van der Waals surface area contributed by atoms with Crippen LogP contribution in [0.5, 0.6) is 5.75 Å². The average molecular weight is 320 g/mol. The summed E-state index contributed by atoms with van der Waals surface area (Å²) in [6.45, 7) is 3.57. The molecule has 2 aromatic carbocycles. The number of para-hydroxylation sites is 2. The first-order valence-corrected chi connectivity index (χ1v) is 7.29. The lowest BCUT2D eigenvalue weighted by atomic mass is 10.1. The summed E-state index contributed by atoms with van der Waals surface area (Å²) in [6, 6.07) is 16.3. The van der Waals surface area contributed by atoms with E-state index in [0.717, 1.165) is 28.9 Å². The van der Waals surface area contributed by atoms with E-state index in [1.807, 2.05) is 42.5 Å². The first-order valence-electron chi connectivity index (χ1n) is 6.50. The van der Waals surface area contributed by atoms with Crippen molar-refractivity contribution in [3.05, 3.63) is 58.6 Å². The molecule has 0 amide bonds. The molecule has 100 valence electrons. The quantitative estimate of drug-likeness (QED) is 0.791. The topological polar surface area (TPSA) is 21.3 Å². The van der Waals surface area contributed by atoms with Gasteiger partial charge in [-0.25, -0.2) is 0 Å². The highest BCUT2D eigenvalue weighted by molar-refractivity contribution is 9.10. The molecule has 0 bridgehead atoms. The van der Waals surface area contributed by atoms with E-state index >= 15 is 0 Å². The molecule has 0 saturated heterocycles. The molecule has 2 aromatic rings. The maximum absolute atomic E-state index is 5.81. The summed E-state index contributed by atoms with van der Waals surface area (Å²) in [5.74, 6) is 0.985. The predicted molar refractivity (Wildman–Crippen MR) is 83.9 cm³/mol. The molecule has 0 unspecified atom stereocenters. The van der Waals surface area contributed by atoms with Crippen LogP contribution < -0.4 is 10.1 Å². The highest BCUT2D eigenvalue weighted by Gasteiger charge is 2.01. The molecule has 0 aromatic heterocycles. The zero-order valence-electron chi connectivity index (χ0n) is 11.0. The van der Waals surface area contributed by atoms with Gasteiger partial charge in [-0.2, -0.15) is 0 Å².